The lowest BCUT2D eigenvalue weighted by molar-refractivity contribution is -0.138. The van der Waals surface area contributed by atoms with Gasteiger partial charge in [0.05, 0.1) is 16.7 Å². The van der Waals surface area contributed by atoms with Gasteiger partial charge in [-0.15, -0.1) is 5.10 Å². The van der Waals surface area contributed by atoms with Crippen molar-refractivity contribution in [3.63, 3.8) is 0 Å². The van der Waals surface area contributed by atoms with E-state index in [4.69, 9.17) is 35.9 Å². The molecule has 4 rings (SSSR count). The summed E-state index contributed by atoms with van der Waals surface area (Å²) in [6.07, 6.45) is 1.51. The summed E-state index contributed by atoms with van der Waals surface area (Å²) in [5.41, 5.74) is 2.56. The summed E-state index contributed by atoms with van der Waals surface area (Å²) in [6.45, 7) is 12.6. The zero-order valence-corrected chi connectivity index (χ0v) is 28.2. The highest BCUT2D eigenvalue weighted by Gasteiger charge is 2.36. The molecule has 0 fully saturated rings. The molecule has 0 saturated carbocycles. The van der Waals surface area contributed by atoms with Gasteiger partial charge in [0.15, 0.2) is 18.1 Å². The van der Waals surface area contributed by atoms with Crippen LogP contribution in [0.4, 0.5) is 5.95 Å². The maximum absolute atomic E-state index is 13.4. The number of benzene rings is 2. The van der Waals surface area contributed by atoms with Gasteiger partial charge in [0, 0.05) is 29.6 Å². The van der Waals surface area contributed by atoms with E-state index >= 15 is 0 Å². The first-order chi connectivity index (χ1) is 21.2. The third-order valence-corrected chi connectivity index (χ3v) is 8.65. The van der Waals surface area contributed by atoms with Gasteiger partial charge in [0.2, 0.25) is 11.1 Å². The average Bonchev–Trinajstić information content (AvgIpc) is 3.41. The minimum absolute atomic E-state index is 0.0483. The molecule has 3 aromatic rings. The molecule has 0 radical (unpaired) electrons. The monoisotopic (exact) mass is 703 g/mol. The van der Waals surface area contributed by atoms with E-state index in [0.29, 0.717) is 74.4 Å². The number of hydrogen-bond acceptors (Lipinski definition) is 9. The number of ether oxygens (including phenoxy) is 3. The molecule has 2 aromatic carbocycles. The molecule has 1 aromatic heterocycles. The molecule has 1 atom stereocenters. The number of fused-ring (bicyclic) bond motifs is 1. The van der Waals surface area contributed by atoms with Crippen LogP contribution in [0.2, 0.25) is 5.02 Å². The Kier molecular flexibility index (Phi) is 11.8. The van der Waals surface area contributed by atoms with E-state index in [9.17, 15) is 9.59 Å². The number of likely N-dealkylation sites (N-methyl/N-ethyl adjacent to an activating group) is 1. The first-order valence-corrected chi connectivity index (χ1v) is 16.3. The predicted octanol–water partition coefficient (Wildman–Crippen LogP) is 6.65. The molecule has 1 unspecified atom stereocenters. The standard InChI is InChI=1S/C31H35BrClN5O5S/c1-6-14-42-29(40)26-19(5)34-30-35-31(44-18-20-12-10-11-13-23(20)33)36-38(30)27(26)21-15-22(32)28(24(16-21)41-9-4)43-17-25(39)37(7-2)8-3/h6,10-13,15-16,27H,1,7-9,14,17-18H2,2-5H3,(H,34,35,36). The highest BCUT2D eigenvalue weighted by molar-refractivity contribution is 9.10. The second-order valence-electron chi connectivity index (χ2n) is 9.61. The van der Waals surface area contributed by atoms with Gasteiger partial charge in [-0.3, -0.25) is 4.79 Å². The number of rotatable bonds is 14. The number of allylic oxidation sites excluding steroid dienone is 1. The number of nitrogens with one attached hydrogen (secondary N) is 1. The highest BCUT2D eigenvalue weighted by atomic mass is 79.9. The molecule has 1 aliphatic heterocycles. The van der Waals surface area contributed by atoms with Crippen LogP contribution in [0.5, 0.6) is 11.5 Å². The van der Waals surface area contributed by atoms with E-state index in [2.05, 4.69) is 27.8 Å². The van der Waals surface area contributed by atoms with Crippen molar-refractivity contribution in [1.82, 2.24) is 19.7 Å². The summed E-state index contributed by atoms with van der Waals surface area (Å²) in [5.74, 6) is 1.17. The fourth-order valence-corrected chi connectivity index (χ4v) is 6.37. The van der Waals surface area contributed by atoms with Gasteiger partial charge >= 0.3 is 5.97 Å². The second kappa shape index (κ2) is 15.5. The Morgan fingerprint density at radius 2 is 1.95 bits per heavy atom. The normalized spacial score (nSPS) is 14.0. The molecule has 10 nitrogen and oxygen atoms in total. The lowest BCUT2D eigenvalue weighted by Gasteiger charge is -2.29. The molecule has 2 heterocycles. The number of nitrogens with zero attached hydrogens (tertiary/aromatic N) is 4. The lowest BCUT2D eigenvalue weighted by Crippen LogP contribution is -2.34. The lowest BCUT2D eigenvalue weighted by atomic mass is 9.95. The number of thioether (sulfide) groups is 1. The number of carbonyl (C=O) groups excluding carboxylic acids is 2. The van der Waals surface area contributed by atoms with Crippen LogP contribution in [0.15, 0.2) is 70.0 Å². The molecule has 0 aliphatic carbocycles. The smallest absolute Gasteiger partial charge is 0.338 e. The van der Waals surface area contributed by atoms with Crippen LogP contribution in [0.3, 0.4) is 0 Å². The molecule has 44 heavy (non-hydrogen) atoms. The van der Waals surface area contributed by atoms with Gasteiger partial charge in [0.1, 0.15) is 12.6 Å². The van der Waals surface area contributed by atoms with Crippen LogP contribution in [-0.4, -0.2) is 64.5 Å². The molecule has 0 bridgehead atoms. The minimum Gasteiger partial charge on any atom is -0.490 e. The minimum atomic E-state index is -0.715. The zero-order chi connectivity index (χ0) is 31.8. The summed E-state index contributed by atoms with van der Waals surface area (Å²) >= 11 is 11.4. The Bertz CT molecular complexity index is 1560. The fraction of sp³-hybridized carbons (Fsp3) is 0.355. The largest absolute Gasteiger partial charge is 0.490 e. The van der Waals surface area contributed by atoms with Gasteiger partial charge in [0.25, 0.3) is 5.91 Å². The first-order valence-electron chi connectivity index (χ1n) is 14.2. The third kappa shape index (κ3) is 7.59. The Morgan fingerprint density at radius 3 is 2.64 bits per heavy atom. The second-order valence-corrected chi connectivity index (χ2v) is 11.8. The Morgan fingerprint density at radius 1 is 1.20 bits per heavy atom. The number of amides is 1. The van der Waals surface area contributed by atoms with Crippen molar-refractivity contribution in [1.29, 1.82) is 0 Å². The fourth-order valence-electron chi connectivity index (χ4n) is 4.69. The molecule has 1 amide bonds. The van der Waals surface area contributed by atoms with Crippen LogP contribution in [0, 0.1) is 0 Å². The topological polar surface area (TPSA) is 108 Å². The molecule has 1 aliphatic rings. The quantitative estimate of drug-likeness (QED) is 0.112. The van der Waals surface area contributed by atoms with Crippen molar-refractivity contribution < 1.29 is 23.8 Å². The molecule has 13 heteroatoms. The van der Waals surface area contributed by atoms with Crippen molar-refractivity contribution in [2.24, 2.45) is 0 Å². The number of hydrogen-bond donors (Lipinski definition) is 1. The van der Waals surface area contributed by atoms with Crippen LogP contribution >= 0.6 is 39.3 Å². The summed E-state index contributed by atoms with van der Waals surface area (Å²) in [6, 6.07) is 10.5. The predicted molar refractivity (Wildman–Crippen MR) is 175 cm³/mol. The molecular weight excluding hydrogens is 670 g/mol. The van der Waals surface area contributed by atoms with E-state index in [1.165, 1.54) is 17.8 Å². The summed E-state index contributed by atoms with van der Waals surface area (Å²) in [4.78, 5) is 32.5. The molecule has 1 N–H and O–H groups in total. The molecular formula is C31H35BrClN5O5S. The number of aromatic nitrogens is 3. The van der Waals surface area contributed by atoms with E-state index < -0.39 is 12.0 Å². The van der Waals surface area contributed by atoms with E-state index in [1.807, 2.05) is 51.1 Å². The van der Waals surface area contributed by atoms with E-state index in [0.717, 1.165) is 5.56 Å². The molecule has 0 saturated heterocycles. The molecule has 0 spiro atoms. The summed E-state index contributed by atoms with van der Waals surface area (Å²) < 4.78 is 19.6. The van der Waals surface area contributed by atoms with Crippen LogP contribution in [0.25, 0.3) is 0 Å². The van der Waals surface area contributed by atoms with Gasteiger partial charge in [-0.2, -0.15) is 4.98 Å². The number of esters is 1. The van der Waals surface area contributed by atoms with Crippen molar-refractivity contribution in [3.05, 3.63) is 80.9 Å². The molecule has 234 valence electrons. The van der Waals surface area contributed by atoms with Crippen molar-refractivity contribution in [3.8, 4) is 11.5 Å². The van der Waals surface area contributed by atoms with E-state index in [-0.39, 0.29) is 19.1 Å². The van der Waals surface area contributed by atoms with Crippen molar-refractivity contribution in [2.75, 3.05) is 38.2 Å². The van der Waals surface area contributed by atoms with Crippen molar-refractivity contribution >= 4 is 57.1 Å². The van der Waals surface area contributed by atoms with Crippen LogP contribution < -0.4 is 14.8 Å². The van der Waals surface area contributed by atoms with E-state index in [1.54, 1.807) is 22.6 Å². The number of anilines is 1. The summed E-state index contributed by atoms with van der Waals surface area (Å²) in [7, 11) is 0. The number of carbonyl (C=O) groups is 2. The van der Waals surface area contributed by atoms with Gasteiger partial charge < -0.3 is 24.4 Å². The first kappa shape index (κ1) is 33.4. The average molecular weight is 705 g/mol. The maximum atomic E-state index is 13.4. The van der Waals surface area contributed by atoms with Crippen LogP contribution in [-0.2, 0) is 20.1 Å². The summed E-state index contributed by atoms with van der Waals surface area (Å²) in [5, 5.41) is 9.17. The van der Waals surface area contributed by atoms with Crippen LogP contribution in [0.1, 0.15) is 44.9 Å². The van der Waals surface area contributed by atoms with Gasteiger partial charge in [-0.05, 0) is 73.0 Å². The van der Waals surface area contributed by atoms with Gasteiger partial charge in [-0.1, -0.05) is 54.2 Å². The third-order valence-electron chi connectivity index (χ3n) is 6.80. The highest BCUT2D eigenvalue weighted by Crippen LogP contribution is 2.43. The maximum Gasteiger partial charge on any atom is 0.338 e. The Balaban J connectivity index is 1.74. The van der Waals surface area contributed by atoms with Gasteiger partial charge in [-0.25, -0.2) is 9.48 Å². The Hall–Kier alpha value is -3.48. The zero-order valence-electron chi connectivity index (χ0n) is 25.1. The SMILES string of the molecule is C=CCOC(=O)C1=C(C)Nc2nc(SCc3ccccc3Cl)nn2C1c1cc(Br)c(OCC(=O)N(CC)CC)c(OCC)c1. The Labute approximate surface area is 274 Å². The number of halogens is 2. The van der Waals surface area contributed by atoms with Crippen molar-refractivity contribution in [2.45, 2.75) is 44.6 Å².